The highest BCUT2D eigenvalue weighted by Gasteiger charge is 2.40. The second-order valence-corrected chi connectivity index (χ2v) is 5.50. The van der Waals surface area contributed by atoms with Crippen molar-refractivity contribution in [1.29, 1.82) is 0 Å². The van der Waals surface area contributed by atoms with Gasteiger partial charge in [-0.05, 0) is 13.2 Å². The van der Waals surface area contributed by atoms with Gasteiger partial charge in [-0.2, -0.15) is 11.8 Å². The van der Waals surface area contributed by atoms with E-state index in [1.54, 1.807) is 18.8 Å². The molecule has 1 rings (SSSR count). The van der Waals surface area contributed by atoms with Crippen molar-refractivity contribution in [3.8, 4) is 0 Å². The van der Waals surface area contributed by atoms with Crippen LogP contribution in [-0.2, 0) is 4.79 Å². The van der Waals surface area contributed by atoms with Gasteiger partial charge in [0.15, 0.2) is 0 Å². The number of carboxylic acids is 1. The third kappa shape index (κ3) is 3.29. The average molecular weight is 276 g/mol. The van der Waals surface area contributed by atoms with Crippen LogP contribution in [0.2, 0.25) is 0 Å². The summed E-state index contributed by atoms with van der Waals surface area (Å²) in [5, 5.41) is 18.6. The van der Waals surface area contributed by atoms with E-state index >= 15 is 0 Å². The molecular formula is C11H20N2O4S. The molecule has 2 amide bonds. The van der Waals surface area contributed by atoms with Gasteiger partial charge in [0.2, 0.25) is 0 Å². The maximum Gasteiger partial charge on any atom is 0.326 e. The van der Waals surface area contributed by atoms with E-state index < -0.39 is 18.1 Å². The molecule has 0 radical (unpaired) electrons. The molecule has 3 atom stereocenters. The van der Waals surface area contributed by atoms with Gasteiger partial charge in [0.05, 0.1) is 6.10 Å². The third-order valence-electron chi connectivity index (χ3n) is 3.18. The van der Waals surface area contributed by atoms with E-state index in [9.17, 15) is 14.7 Å². The minimum Gasteiger partial charge on any atom is -0.480 e. The molecule has 1 aliphatic heterocycles. The van der Waals surface area contributed by atoms with Gasteiger partial charge in [0.1, 0.15) is 6.04 Å². The van der Waals surface area contributed by atoms with Crippen molar-refractivity contribution in [3.05, 3.63) is 0 Å². The Hall–Kier alpha value is -0.950. The van der Waals surface area contributed by atoms with Crippen LogP contribution in [-0.4, -0.2) is 75.8 Å². The number of β-amino-alcohol motifs (C(OH)–C–C–N with tert-alkyl or cyclic N) is 1. The molecule has 2 N–H and O–H groups in total. The molecule has 18 heavy (non-hydrogen) atoms. The highest BCUT2D eigenvalue weighted by Crippen LogP contribution is 2.20. The van der Waals surface area contributed by atoms with Crippen molar-refractivity contribution in [3.63, 3.8) is 0 Å². The van der Waals surface area contributed by atoms with Crippen LogP contribution < -0.4 is 0 Å². The predicted molar refractivity (Wildman–Crippen MR) is 69.8 cm³/mol. The van der Waals surface area contributed by atoms with Crippen LogP contribution in [0.15, 0.2) is 0 Å². The Morgan fingerprint density at radius 3 is 2.67 bits per heavy atom. The molecule has 6 nitrogen and oxygen atoms in total. The highest BCUT2D eigenvalue weighted by molar-refractivity contribution is 7.98. The quantitative estimate of drug-likeness (QED) is 0.772. The van der Waals surface area contributed by atoms with E-state index in [2.05, 4.69) is 0 Å². The van der Waals surface area contributed by atoms with Gasteiger partial charge in [-0.15, -0.1) is 0 Å². The number of amides is 2. The van der Waals surface area contributed by atoms with Crippen molar-refractivity contribution in [2.75, 3.05) is 25.6 Å². The monoisotopic (exact) mass is 276 g/mol. The molecular weight excluding hydrogens is 256 g/mol. The molecule has 104 valence electrons. The number of aliphatic carboxylic acids is 1. The number of aliphatic hydroxyl groups excluding tert-OH is 1. The number of carbonyl (C=O) groups is 2. The van der Waals surface area contributed by atoms with Crippen LogP contribution in [0.1, 0.15) is 13.3 Å². The number of hydrogen-bond acceptors (Lipinski definition) is 4. The van der Waals surface area contributed by atoms with E-state index in [1.165, 1.54) is 9.80 Å². The fourth-order valence-electron chi connectivity index (χ4n) is 2.00. The SMILES string of the molecule is CSCC(C)N(C)C(=O)N1CC(O)CC1C(=O)O. The summed E-state index contributed by atoms with van der Waals surface area (Å²) in [6.07, 6.45) is 1.31. The Balaban J connectivity index is 2.73. The number of aliphatic hydroxyl groups is 1. The lowest BCUT2D eigenvalue weighted by Gasteiger charge is -2.31. The zero-order valence-corrected chi connectivity index (χ0v) is 11.7. The maximum absolute atomic E-state index is 12.2. The second-order valence-electron chi connectivity index (χ2n) is 4.59. The number of carbonyl (C=O) groups excluding carboxylic acids is 1. The van der Waals surface area contributed by atoms with Gasteiger partial charge in [0, 0.05) is 31.8 Å². The Morgan fingerprint density at radius 1 is 1.56 bits per heavy atom. The van der Waals surface area contributed by atoms with Gasteiger partial charge < -0.3 is 20.0 Å². The van der Waals surface area contributed by atoms with Crippen LogP contribution in [0.5, 0.6) is 0 Å². The summed E-state index contributed by atoms with van der Waals surface area (Å²) in [5.41, 5.74) is 0. The molecule has 0 aliphatic carbocycles. The van der Waals surface area contributed by atoms with Gasteiger partial charge in [-0.1, -0.05) is 0 Å². The first-order valence-corrected chi connectivity index (χ1v) is 7.21. The molecule has 0 bridgehead atoms. The van der Waals surface area contributed by atoms with Crippen molar-refractivity contribution in [2.45, 2.75) is 31.5 Å². The minimum absolute atomic E-state index is 0.0275. The normalized spacial score (nSPS) is 25.0. The molecule has 1 heterocycles. The Kier molecular flexibility index (Phi) is 5.28. The topological polar surface area (TPSA) is 81.1 Å². The van der Waals surface area contributed by atoms with Crippen LogP contribution in [0.4, 0.5) is 4.79 Å². The summed E-state index contributed by atoms with van der Waals surface area (Å²) in [5.74, 6) is -0.276. The minimum atomic E-state index is -1.06. The number of urea groups is 1. The summed E-state index contributed by atoms with van der Waals surface area (Å²) in [6.45, 7) is 2.00. The number of rotatable bonds is 4. The smallest absolute Gasteiger partial charge is 0.326 e. The fraction of sp³-hybridized carbons (Fsp3) is 0.818. The molecule has 0 spiro atoms. The van der Waals surface area contributed by atoms with Crippen molar-refractivity contribution < 1.29 is 19.8 Å². The van der Waals surface area contributed by atoms with Crippen molar-refractivity contribution in [1.82, 2.24) is 9.80 Å². The largest absolute Gasteiger partial charge is 0.480 e. The van der Waals surface area contributed by atoms with Crippen molar-refractivity contribution in [2.24, 2.45) is 0 Å². The lowest BCUT2D eigenvalue weighted by Crippen LogP contribution is -2.49. The molecule has 7 heteroatoms. The van der Waals surface area contributed by atoms with Gasteiger partial charge in [-0.25, -0.2) is 9.59 Å². The number of thioether (sulfide) groups is 1. The first kappa shape index (κ1) is 15.1. The Labute approximate surface area is 111 Å². The Bertz CT molecular complexity index is 326. The van der Waals surface area contributed by atoms with Gasteiger partial charge in [0.25, 0.3) is 0 Å². The van der Waals surface area contributed by atoms with Gasteiger partial charge in [-0.3, -0.25) is 0 Å². The number of hydrogen-bond donors (Lipinski definition) is 2. The predicted octanol–water partition coefficient (Wildman–Crippen LogP) is 0.309. The summed E-state index contributed by atoms with van der Waals surface area (Å²) < 4.78 is 0. The first-order chi connectivity index (χ1) is 8.38. The zero-order valence-electron chi connectivity index (χ0n) is 10.9. The first-order valence-electron chi connectivity index (χ1n) is 5.81. The summed E-state index contributed by atoms with van der Waals surface area (Å²) >= 11 is 1.63. The lowest BCUT2D eigenvalue weighted by atomic mass is 10.2. The summed E-state index contributed by atoms with van der Waals surface area (Å²) in [7, 11) is 1.66. The summed E-state index contributed by atoms with van der Waals surface area (Å²) in [4.78, 5) is 26.0. The number of carboxylic acid groups (broad SMARTS) is 1. The second kappa shape index (κ2) is 6.29. The molecule has 3 unspecified atom stereocenters. The maximum atomic E-state index is 12.2. The Morgan fingerprint density at radius 2 is 2.17 bits per heavy atom. The van der Waals surface area contributed by atoms with Crippen LogP contribution >= 0.6 is 11.8 Å². The van der Waals surface area contributed by atoms with E-state index in [0.29, 0.717) is 0 Å². The highest BCUT2D eigenvalue weighted by atomic mass is 32.2. The molecule has 0 aromatic heterocycles. The third-order valence-corrected chi connectivity index (χ3v) is 4.00. The van der Waals surface area contributed by atoms with E-state index in [4.69, 9.17) is 5.11 Å². The fourth-order valence-corrected chi connectivity index (χ4v) is 2.71. The van der Waals surface area contributed by atoms with Crippen molar-refractivity contribution >= 4 is 23.8 Å². The molecule has 1 fully saturated rings. The molecule has 1 aliphatic rings. The molecule has 0 aromatic rings. The van der Waals surface area contributed by atoms with Crippen LogP contribution in [0.25, 0.3) is 0 Å². The molecule has 1 saturated heterocycles. The van der Waals surface area contributed by atoms with Crippen LogP contribution in [0, 0.1) is 0 Å². The van der Waals surface area contributed by atoms with E-state index in [-0.39, 0.29) is 25.0 Å². The molecule has 0 aromatic carbocycles. The standard InChI is InChI=1S/C11H20N2O4S/c1-7(6-18-3)12(2)11(17)13-5-8(14)4-9(13)10(15)16/h7-9,14H,4-6H2,1-3H3,(H,15,16). The zero-order chi connectivity index (χ0) is 13.9. The summed E-state index contributed by atoms with van der Waals surface area (Å²) in [6, 6.07) is -1.23. The average Bonchev–Trinajstić information content (AvgIpc) is 2.69. The number of likely N-dealkylation sites (tertiary alicyclic amines) is 1. The van der Waals surface area contributed by atoms with Crippen LogP contribution in [0.3, 0.4) is 0 Å². The number of nitrogens with zero attached hydrogens (tertiary/aromatic N) is 2. The van der Waals surface area contributed by atoms with Gasteiger partial charge >= 0.3 is 12.0 Å². The van der Waals surface area contributed by atoms with E-state index in [0.717, 1.165) is 5.75 Å². The van der Waals surface area contributed by atoms with E-state index in [1.807, 2.05) is 13.2 Å². The lowest BCUT2D eigenvalue weighted by molar-refractivity contribution is -0.141. The molecule has 0 saturated carbocycles.